The highest BCUT2D eigenvalue weighted by Crippen LogP contribution is 2.37. The van der Waals surface area contributed by atoms with Gasteiger partial charge in [0.15, 0.2) is 23.0 Å². The first kappa shape index (κ1) is 25.7. The lowest BCUT2D eigenvalue weighted by Crippen LogP contribution is -2.14. The summed E-state index contributed by atoms with van der Waals surface area (Å²) >= 11 is 8.29. The molecule has 0 unspecified atom stereocenters. The number of carbonyl (C=O) groups is 1. The average molecular weight is 617 g/mol. The molecule has 4 rings (SSSR count). The van der Waals surface area contributed by atoms with E-state index in [1.165, 1.54) is 6.08 Å². The summed E-state index contributed by atoms with van der Waals surface area (Å²) in [6.45, 7) is 4.60. The van der Waals surface area contributed by atoms with E-state index in [-0.39, 0.29) is 12.4 Å². The Balaban J connectivity index is 1.56. The van der Waals surface area contributed by atoms with Gasteiger partial charge in [0, 0.05) is 10.7 Å². The van der Waals surface area contributed by atoms with Crippen LogP contribution in [-0.4, -0.2) is 19.3 Å². The summed E-state index contributed by atoms with van der Waals surface area (Å²) in [7, 11) is 0. The quantitative estimate of drug-likeness (QED) is 0.176. The standard InChI is InChI=1S/C27H22ClIN2O5/c1-3-33-25-12-18(9-19(13-30)27(32)31-22-6-4-5-20(28)16(22)2)10-21(29)26(25)34-14-17-7-8-23-24(11-17)36-15-35-23/h4-12H,3,14-15H2,1-2H3,(H,31,32)/b19-9+. The van der Waals surface area contributed by atoms with Gasteiger partial charge < -0.3 is 24.3 Å². The maximum Gasteiger partial charge on any atom is 0.266 e. The Kier molecular flexibility index (Phi) is 8.23. The molecule has 1 N–H and O–H groups in total. The Bertz CT molecular complexity index is 1380. The van der Waals surface area contributed by atoms with Crippen molar-refractivity contribution in [2.45, 2.75) is 20.5 Å². The first-order valence-corrected chi connectivity index (χ1v) is 12.5. The molecule has 1 heterocycles. The molecular weight excluding hydrogens is 595 g/mol. The molecule has 0 fully saturated rings. The number of hydrogen-bond acceptors (Lipinski definition) is 6. The molecule has 0 spiro atoms. The van der Waals surface area contributed by atoms with Gasteiger partial charge in [0.05, 0.1) is 10.2 Å². The van der Waals surface area contributed by atoms with Gasteiger partial charge in [-0.25, -0.2) is 0 Å². The minimum Gasteiger partial charge on any atom is -0.490 e. The number of fused-ring (bicyclic) bond motifs is 1. The third-order valence-electron chi connectivity index (χ3n) is 5.34. The summed E-state index contributed by atoms with van der Waals surface area (Å²) < 4.78 is 23.5. The van der Waals surface area contributed by atoms with E-state index in [1.54, 1.807) is 31.2 Å². The van der Waals surface area contributed by atoms with Crippen LogP contribution in [-0.2, 0) is 11.4 Å². The predicted molar refractivity (Wildman–Crippen MR) is 146 cm³/mol. The zero-order valence-electron chi connectivity index (χ0n) is 19.6. The second kappa shape index (κ2) is 11.5. The van der Waals surface area contributed by atoms with Gasteiger partial charge in [0.25, 0.3) is 5.91 Å². The van der Waals surface area contributed by atoms with Gasteiger partial charge >= 0.3 is 0 Å². The molecule has 0 saturated carbocycles. The van der Waals surface area contributed by atoms with Gasteiger partial charge in [-0.05, 0) is 95.6 Å². The number of nitriles is 1. The number of anilines is 1. The Morgan fingerprint density at radius 3 is 2.78 bits per heavy atom. The van der Waals surface area contributed by atoms with Gasteiger partial charge in [-0.1, -0.05) is 23.7 Å². The van der Waals surface area contributed by atoms with Crippen LogP contribution < -0.4 is 24.3 Å². The summed E-state index contributed by atoms with van der Waals surface area (Å²) in [6.07, 6.45) is 1.52. The largest absolute Gasteiger partial charge is 0.490 e. The average Bonchev–Trinajstić information content (AvgIpc) is 3.33. The molecule has 0 saturated heterocycles. The normalized spacial score (nSPS) is 12.1. The molecule has 0 aromatic heterocycles. The van der Waals surface area contributed by atoms with Crippen LogP contribution in [0, 0.1) is 21.8 Å². The maximum absolute atomic E-state index is 12.8. The molecule has 184 valence electrons. The summed E-state index contributed by atoms with van der Waals surface area (Å²) in [5, 5.41) is 12.9. The number of halogens is 2. The summed E-state index contributed by atoms with van der Waals surface area (Å²) in [5.41, 5.74) is 2.77. The fourth-order valence-electron chi connectivity index (χ4n) is 3.51. The van der Waals surface area contributed by atoms with Crippen molar-refractivity contribution in [1.29, 1.82) is 5.26 Å². The summed E-state index contributed by atoms with van der Waals surface area (Å²) in [6, 6.07) is 16.4. The minimum absolute atomic E-state index is 0.0540. The lowest BCUT2D eigenvalue weighted by Gasteiger charge is -2.15. The van der Waals surface area contributed by atoms with Crippen molar-refractivity contribution in [3.63, 3.8) is 0 Å². The smallest absolute Gasteiger partial charge is 0.266 e. The van der Waals surface area contributed by atoms with E-state index in [0.29, 0.717) is 52.5 Å². The second-order valence-electron chi connectivity index (χ2n) is 7.78. The van der Waals surface area contributed by atoms with Crippen LogP contribution in [0.15, 0.2) is 54.1 Å². The highest BCUT2D eigenvalue weighted by molar-refractivity contribution is 14.1. The van der Waals surface area contributed by atoms with E-state index in [9.17, 15) is 10.1 Å². The summed E-state index contributed by atoms with van der Waals surface area (Å²) in [5.74, 6) is 1.96. The van der Waals surface area contributed by atoms with E-state index in [1.807, 2.05) is 37.3 Å². The highest BCUT2D eigenvalue weighted by atomic mass is 127. The number of amides is 1. The van der Waals surface area contributed by atoms with Crippen molar-refractivity contribution in [1.82, 2.24) is 0 Å². The molecule has 1 amide bonds. The zero-order chi connectivity index (χ0) is 25.7. The zero-order valence-corrected chi connectivity index (χ0v) is 22.5. The minimum atomic E-state index is -0.529. The lowest BCUT2D eigenvalue weighted by molar-refractivity contribution is -0.112. The number of nitrogens with one attached hydrogen (secondary N) is 1. The van der Waals surface area contributed by atoms with Gasteiger partial charge in [-0.15, -0.1) is 0 Å². The van der Waals surface area contributed by atoms with E-state index in [2.05, 4.69) is 27.9 Å². The molecule has 0 bridgehead atoms. The van der Waals surface area contributed by atoms with Crippen molar-refractivity contribution < 1.29 is 23.7 Å². The number of nitrogens with zero attached hydrogens (tertiary/aromatic N) is 1. The molecule has 0 aliphatic carbocycles. The van der Waals surface area contributed by atoms with Crippen molar-refractivity contribution >= 4 is 51.9 Å². The Hall–Kier alpha value is -3.42. The molecule has 3 aromatic rings. The lowest BCUT2D eigenvalue weighted by atomic mass is 10.1. The van der Waals surface area contributed by atoms with Gasteiger partial charge in [0.1, 0.15) is 18.2 Å². The van der Waals surface area contributed by atoms with E-state index in [4.69, 9.17) is 30.5 Å². The first-order valence-electron chi connectivity index (χ1n) is 11.1. The SMILES string of the molecule is CCOc1cc(/C=C(\C#N)C(=O)Nc2cccc(Cl)c2C)cc(I)c1OCc1ccc2c(c1)OCO2. The number of hydrogen-bond donors (Lipinski definition) is 1. The molecule has 1 aliphatic rings. The van der Waals surface area contributed by atoms with Gasteiger partial charge in [0.2, 0.25) is 6.79 Å². The fourth-order valence-corrected chi connectivity index (χ4v) is 4.46. The third kappa shape index (κ3) is 5.86. The van der Waals surface area contributed by atoms with Crippen molar-refractivity contribution in [2.75, 3.05) is 18.7 Å². The number of carbonyl (C=O) groups excluding carboxylic acids is 1. The van der Waals surface area contributed by atoms with E-state index < -0.39 is 5.91 Å². The van der Waals surface area contributed by atoms with Crippen molar-refractivity contribution in [3.8, 4) is 29.1 Å². The predicted octanol–water partition coefficient (Wildman–Crippen LogP) is 6.51. The molecular formula is C27H22ClIN2O5. The van der Waals surface area contributed by atoms with Crippen LogP contribution in [0.5, 0.6) is 23.0 Å². The first-order chi connectivity index (χ1) is 17.4. The maximum atomic E-state index is 12.8. The van der Waals surface area contributed by atoms with Crippen molar-refractivity contribution in [2.24, 2.45) is 0 Å². The van der Waals surface area contributed by atoms with E-state index in [0.717, 1.165) is 14.7 Å². The molecule has 3 aromatic carbocycles. The molecule has 7 nitrogen and oxygen atoms in total. The number of benzene rings is 3. The van der Waals surface area contributed by atoms with Crippen LogP contribution in [0.3, 0.4) is 0 Å². The van der Waals surface area contributed by atoms with Gasteiger partial charge in [-0.2, -0.15) is 5.26 Å². The van der Waals surface area contributed by atoms with Crippen LogP contribution in [0.4, 0.5) is 5.69 Å². The molecule has 9 heteroatoms. The molecule has 36 heavy (non-hydrogen) atoms. The third-order valence-corrected chi connectivity index (χ3v) is 6.55. The topological polar surface area (TPSA) is 89.8 Å². The van der Waals surface area contributed by atoms with Crippen LogP contribution in [0.25, 0.3) is 6.08 Å². The molecule has 0 radical (unpaired) electrons. The fraction of sp³-hybridized carbons (Fsp3) is 0.185. The molecule has 1 aliphatic heterocycles. The molecule has 0 atom stereocenters. The highest BCUT2D eigenvalue weighted by Gasteiger charge is 2.17. The van der Waals surface area contributed by atoms with Crippen LogP contribution in [0.1, 0.15) is 23.6 Å². The monoisotopic (exact) mass is 616 g/mol. The number of ether oxygens (including phenoxy) is 4. The van der Waals surface area contributed by atoms with Crippen LogP contribution in [0.2, 0.25) is 5.02 Å². The van der Waals surface area contributed by atoms with Crippen molar-refractivity contribution in [3.05, 3.63) is 79.4 Å². The van der Waals surface area contributed by atoms with E-state index >= 15 is 0 Å². The summed E-state index contributed by atoms with van der Waals surface area (Å²) in [4.78, 5) is 12.8. The number of rotatable bonds is 8. The Labute approximate surface area is 227 Å². The Morgan fingerprint density at radius 2 is 2.00 bits per heavy atom. The Morgan fingerprint density at radius 1 is 1.19 bits per heavy atom. The second-order valence-corrected chi connectivity index (χ2v) is 9.35. The van der Waals surface area contributed by atoms with Crippen LogP contribution >= 0.6 is 34.2 Å². The van der Waals surface area contributed by atoms with Gasteiger partial charge in [-0.3, -0.25) is 4.79 Å².